The van der Waals surface area contributed by atoms with Crippen LogP contribution in [-0.4, -0.2) is 6.61 Å². The maximum absolute atomic E-state index is 5.94. The van der Waals surface area contributed by atoms with Gasteiger partial charge in [-0.2, -0.15) is 0 Å². The van der Waals surface area contributed by atoms with Crippen LogP contribution in [-0.2, 0) is 0 Å². The highest BCUT2D eigenvalue weighted by molar-refractivity contribution is 6.34. The van der Waals surface area contributed by atoms with Crippen molar-refractivity contribution in [2.24, 2.45) is 5.92 Å². The summed E-state index contributed by atoms with van der Waals surface area (Å²) in [5.74, 6) is 1.58. The fraction of sp³-hybridized carbons (Fsp3) is 0.455. The molecule has 0 spiro atoms. The van der Waals surface area contributed by atoms with E-state index in [-0.39, 0.29) is 0 Å². The third kappa shape index (κ3) is 2.79. The molecular formula is C11H12Cl2O. The van der Waals surface area contributed by atoms with Crippen LogP contribution in [0.15, 0.2) is 18.2 Å². The molecule has 14 heavy (non-hydrogen) atoms. The summed E-state index contributed by atoms with van der Waals surface area (Å²) in [6.07, 6.45) is 3.84. The van der Waals surface area contributed by atoms with Crippen LogP contribution in [0.3, 0.4) is 0 Å². The van der Waals surface area contributed by atoms with Gasteiger partial charge in [-0.05, 0) is 24.5 Å². The summed E-state index contributed by atoms with van der Waals surface area (Å²) in [5, 5.41) is 1.29. The maximum Gasteiger partial charge on any atom is 0.139 e. The Morgan fingerprint density at radius 1 is 1.29 bits per heavy atom. The summed E-state index contributed by atoms with van der Waals surface area (Å²) in [7, 11) is 0. The Labute approximate surface area is 94.0 Å². The minimum atomic E-state index is 0.630. The van der Waals surface area contributed by atoms with E-state index in [9.17, 15) is 0 Å². The zero-order valence-electron chi connectivity index (χ0n) is 7.80. The lowest BCUT2D eigenvalue weighted by Crippen LogP contribution is -1.98. The zero-order chi connectivity index (χ0) is 9.97. The monoisotopic (exact) mass is 230 g/mol. The van der Waals surface area contributed by atoms with Crippen LogP contribution in [0.2, 0.25) is 10.0 Å². The van der Waals surface area contributed by atoms with Crippen molar-refractivity contribution >= 4 is 23.2 Å². The third-order valence-electron chi connectivity index (χ3n) is 2.37. The molecular weight excluding hydrogens is 219 g/mol. The van der Waals surface area contributed by atoms with E-state index in [1.165, 1.54) is 12.8 Å². The standard InChI is InChI=1S/C11H12Cl2O/c12-9-3-4-10(13)11(7-9)14-6-5-8-1-2-8/h3-4,7-8H,1-2,5-6H2. The van der Waals surface area contributed by atoms with Crippen molar-refractivity contribution in [1.82, 2.24) is 0 Å². The van der Waals surface area contributed by atoms with Crippen molar-refractivity contribution in [2.75, 3.05) is 6.61 Å². The van der Waals surface area contributed by atoms with Gasteiger partial charge in [0.1, 0.15) is 5.75 Å². The molecule has 0 saturated heterocycles. The lowest BCUT2D eigenvalue weighted by atomic mass is 10.3. The lowest BCUT2D eigenvalue weighted by Gasteiger charge is -2.07. The Morgan fingerprint density at radius 2 is 2.07 bits per heavy atom. The molecule has 76 valence electrons. The van der Waals surface area contributed by atoms with Crippen LogP contribution >= 0.6 is 23.2 Å². The van der Waals surface area contributed by atoms with E-state index in [2.05, 4.69) is 0 Å². The molecule has 3 heteroatoms. The molecule has 0 aromatic heterocycles. The van der Waals surface area contributed by atoms with Gasteiger partial charge in [0, 0.05) is 11.1 Å². The topological polar surface area (TPSA) is 9.23 Å². The molecule has 1 aromatic rings. The minimum absolute atomic E-state index is 0.630. The first kappa shape index (κ1) is 10.1. The molecule has 0 unspecified atom stereocenters. The summed E-state index contributed by atoms with van der Waals surface area (Å²) < 4.78 is 5.55. The molecule has 0 bridgehead atoms. The first-order valence-corrected chi connectivity index (χ1v) is 5.59. The van der Waals surface area contributed by atoms with Crippen molar-refractivity contribution in [3.8, 4) is 5.75 Å². The summed E-state index contributed by atoms with van der Waals surface area (Å²) >= 11 is 11.8. The Balaban J connectivity index is 1.89. The number of hydrogen-bond acceptors (Lipinski definition) is 1. The van der Waals surface area contributed by atoms with E-state index in [0.717, 1.165) is 18.9 Å². The molecule has 0 aliphatic heterocycles. The quantitative estimate of drug-likeness (QED) is 0.755. The van der Waals surface area contributed by atoms with E-state index >= 15 is 0 Å². The fourth-order valence-corrected chi connectivity index (χ4v) is 1.66. The molecule has 0 N–H and O–H groups in total. The van der Waals surface area contributed by atoms with Crippen molar-refractivity contribution in [3.63, 3.8) is 0 Å². The van der Waals surface area contributed by atoms with Gasteiger partial charge in [-0.25, -0.2) is 0 Å². The van der Waals surface area contributed by atoms with E-state index < -0.39 is 0 Å². The molecule has 1 aromatic carbocycles. The second-order valence-electron chi connectivity index (χ2n) is 3.66. The van der Waals surface area contributed by atoms with E-state index in [1.54, 1.807) is 18.2 Å². The molecule has 1 aliphatic rings. The van der Waals surface area contributed by atoms with Crippen molar-refractivity contribution in [2.45, 2.75) is 19.3 Å². The van der Waals surface area contributed by atoms with Gasteiger partial charge in [-0.1, -0.05) is 36.0 Å². The Hall–Kier alpha value is -0.400. The van der Waals surface area contributed by atoms with Crippen LogP contribution in [0.25, 0.3) is 0 Å². The van der Waals surface area contributed by atoms with Crippen LogP contribution in [0.5, 0.6) is 5.75 Å². The fourth-order valence-electron chi connectivity index (χ4n) is 1.33. The third-order valence-corrected chi connectivity index (χ3v) is 2.92. The smallest absolute Gasteiger partial charge is 0.139 e. The number of halogens is 2. The second kappa shape index (κ2) is 4.41. The van der Waals surface area contributed by atoms with Gasteiger partial charge in [-0.3, -0.25) is 0 Å². The van der Waals surface area contributed by atoms with Gasteiger partial charge in [0.2, 0.25) is 0 Å². The number of rotatable bonds is 4. The average molecular weight is 231 g/mol. The van der Waals surface area contributed by atoms with Crippen molar-refractivity contribution in [1.29, 1.82) is 0 Å². The molecule has 0 radical (unpaired) electrons. The van der Waals surface area contributed by atoms with Crippen LogP contribution in [0, 0.1) is 5.92 Å². The van der Waals surface area contributed by atoms with Crippen LogP contribution in [0.4, 0.5) is 0 Å². The van der Waals surface area contributed by atoms with Crippen molar-refractivity contribution < 1.29 is 4.74 Å². The summed E-state index contributed by atoms with van der Waals surface area (Å²) in [6.45, 7) is 0.741. The van der Waals surface area contributed by atoms with Crippen LogP contribution in [0.1, 0.15) is 19.3 Å². The van der Waals surface area contributed by atoms with E-state index in [0.29, 0.717) is 15.8 Å². The average Bonchev–Trinajstić information content (AvgIpc) is 2.95. The highest BCUT2D eigenvalue weighted by Gasteiger charge is 2.20. The summed E-state index contributed by atoms with van der Waals surface area (Å²) in [6, 6.07) is 5.28. The molecule has 1 fully saturated rings. The van der Waals surface area contributed by atoms with Gasteiger partial charge in [0.05, 0.1) is 11.6 Å². The molecule has 0 amide bonds. The number of hydrogen-bond donors (Lipinski definition) is 0. The predicted molar refractivity (Wildman–Crippen MR) is 59.3 cm³/mol. The normalized spacial score (nSPS) is 15.6. The summed E-state index contributed by atoms with van der Waals surface area (Å²) in [5.41, 5.74) is 0. The molecule has 1 aliphatic carbocycles. The highest BCUT2D eigenvalue weighted by Crippen LogP contribution is 2.33. The summed E-state index contributed by atoms with van der Waals surface area (Å²) in [4.78, 5) is 0. The predicted octanol–water partition coefficient (Wildman–Crippen LogP) is 4.17. The minimum Gasteiger partial charge on any atom is -0.492 e. The Bertz CT molecular complexity index is 321. The zero-order valence-corrected chi connectivity index (χ0v) is 9.31. The van der Waals surface area contributed by atoms with Crippen LogP contribution < -0.4 is 4.74 Å². The van der Waals surface area contributed by atoms with E-state index in [4.69, 9.17) is 27.9 Å². The molecule has 0 atom stereocenters. The molecule has 1 nitrogen and oxygen atoms in total. The van der Waals surface area contributed by atoms with Gasteiger partial charge in [-0.15, -0.1) is 0 Å². The number of ether oxygens (including phenoxy) is 1. The molecule has 1 saturated carbocycles. The second-order valence-corrected chi connectivity index (χ2v) is 4.50. The molecule has 0 heterocycles. The van der Waals surface area contributed by atoms with E-state index in [1.807, 2.05) is 0 Å². The lowest BCUT2D eigenvalue weighted by molar-refractivity contribution is 0.302. The van der Waals surface area contributed by atoms with Gasteiger partial charge in [0.15, 0.2) is 0 Å². The largest absolute Gasteiger partial charge is 0.492 e. The van der Waals surface area contributed by atoms with Crippen molar-refractivity contribution in [3.05, 3.63) is 28.2 Å². The Kier molecular flexibility index (Phi) is 3.19. The highest BCUT2D eigenvalue weighted by atomic mass is 35.5. The SMILES string of the molecule is Clc1ccc(Cl)c(OCCC2CC2)c1. The van der Waals surface area contributed by atoms with Gasteiger partial charge < -0.3 is 4.74 Å². The first-order chi connectivity index (χ1) is 6.75. The number of benzene rings is 1. The van der Waals surface area contributed by atoms with Gasteiger partial charge in [0.25, 0.3) is 0 Å². The maximum atomic E-state index is 5.94. The molecule has 2 rings (SSSR count). The van der Waals surface area contributed by atoms with Gasteiger partial charge >= 0.3 is 0 Å². The first-order valence-electron chi connectivity index (χ1n) is 4.83. The Morgan fingerprint density at radius 3 is 2.79 bits per heavy atom.